The molecule has 0 bridgehead atoms. The maximum absolute atomic E-state index is 11.7. The van der Waals surface area contributed by atoms with E-state index in [4.69, 9.17) is 9.15 Å². The maximum Gasteiger partial charge on any atom is 0.519 e. The lowest BCUT2D eigenvalue weighted by molar-refractivity contribution is 0.0443. The van der Waals surface area contributed by atoms with Gasteiger partial charge in [-0.25, -0.2) is 9.59 Å². The van der Waals surface area contributed by atoms with Gasteiger partial charge in [-0.2, -0.15) is 0 Å². The van der Waals surface area contributed by atoms with Crippen molar-refractivity contribution in [2.75, 3.05) is 0 Å². The minimum atomic E-state index is -0.807. The zero-order chi connectivity index (χ0) is 13.8. The molecule has 1 heterocycles. The van der Waals surface area contributed by atoms with Gasteiger partial charge in [0, 0.05) is 0 Å². The molecule has 5 nitrogen and oxygen atoms in total. The number of aryl methyl sites for hydroxylation is 1. The van der Waals surface area contributed by atoms with Crippen LogP contribution in [0.4, 0.5) is 0 Å². The number of benzene rings is 1. The number of hydrogen-bond acceptors (Lipinski definition) is 5. The van der Waals surface area contributed by atoms with Crippen LogP contribution in [-0.2, 0) is 11.3 Å². The fourth-order valence-electron chi connectivity index (χ4n) is 1.48. The van der Waals surface area contributed by atoms with Gasteiger partial charge in [0.15, 0.2) is 18.1 Å². The number of esters is 1. The first-order chi connectivity index (χ1) is 9.10. The van der Waals surface area contributed by atoms with Gasteiger partial charge in [-0.15, -0.1) is 0 Å². The zero-order valence-corrected chi connectivity index (χ0v) is 10.3. The van der Waals surface area contributed by atoms with Crippen LogP contribution in [0.15, 0.2) is 44.5 Å². The molecule has 0 amide bonds. The van der Waals surface area contributed by atoms with E-state index in [0.717, 1.165) is 5.56 Å². The topological polar surface area (TPSA) is 69.7 Å². The van der Waals surface area contributed by atoms with Gasteiger partial charge in [-0.05, 0) is 24.6 Å². The molecular weight excluding hydrogens is 248 g/mol. The monoisotopic (exact) mass is 260 g/mol. The molecule has 0 radical (unpaired) electrons. The molecule has 5 heteroatoms. The molecule has 0 aliphatic heterocycles. The summed E-state index contributed by atoms with van der Waals surface area (Å²) < 4.78 is 14.4. The van der Waals surface area contributed by atoms with Crippen molar-refractivity contribution in [1.29, 1.82) is 0 Å². The predicted octanol–water partition coefficient (Wildman–Crippen LogP) is 2.54. The van der Waals surface area contributed by atoms with Crippen LogP contribution in [0.25, 0.3) is 6.08 Å². The minimum Gasteiger partial charge on any atom is -0.454 e. The molecule has 0 unspecified atom stereocenters. The Morgan fingerprint density at radius 2 is 2.00 bits per heavy atom. The third kappa shape index (κ3) is 3.01. The molecule has 0 saturated heterocycles. The van der Waals surface area contributed by atoms with Crippen molar-refractivity contribution in [2.24, 2.45) is 0 Å². The van der Waals surface area contributed by atoms with Gasteiger partial charge in [0.1, 0.15) is 0 Å². The third-order valence-corrected chi connectivity index (χ3v) is 2.55. The fourth-order valence-corrected chi connectivity index (χ4v) is 1.48. The van der Waals surface area contributed by atoms with Crippen molar-refractivity contribution in [3.8, 4) is 0 Å². The van der Waals surface area contributed by atoms with Crippen molar-refractivity contribution in [3.05, 3.63) is 64.1 Å². The first kappa shape index (κ1) is 12.9. The van der Waals surface area contributed by atoms with Gasteiger partial charge in [-0.1, -0.05) is 24.8 Å². The Labute approximate surface area is 109 Å². The normalized spacial score (nSPS) is 10.2. The molecule has 1 aromatic heterocycles. The molecule has 0 fully saturated rings. The molecule has 0 N–H and O–H groups in total. The quantitative estimate of drug-likeness (QED) is 0.790. The van der Waals surface area contributed by atoms with Crippen LogP contribution in [0.3, 0.4) is 0 Å². The molecule has 0 atom stereocenters. The Morgan fingerprint density at radius 3 is 2.53 bits per heavy atom. The van der Waals surface area contributed by atoms with Crippen LogP contribution in [-0.4, -0.2) is 5.97 Å². The molecule has 0 aliphatic rings. The first-order valence-electron chi connectivity index (χ1n) is 5.59. The minimum absolute atomic E-state index is 0.139. The van der Waals surface area contributed by atoms with E-state index < -0.39 is 11.8 Å². The Kier molecular flexibility index (Phi) is 3.66. The third-order valence-electron chi connectivity index (χ3n) is 2.55. The van der Waals surface area contributed by atoms with E-state index >= 15 is 0 Å². The second-order valence-electron chi connectivity index (χ2n) is 3.84. The summed E-state index contributed by atoms with van der Waals surface area (Å²) >= 11 is 0. The van der Waals surface area contributed by atoms with Gasteiger partial charge in [0.2, 0.25) is 0 Å². The number of hydrogen-bond donors (Lipinski definition) is 0. The molecule has 1 aromatic carbocycles. The highest BCUT2D eigenvalue weighted by atomic mass is 16.6. The molecule has 0 saturated carbocycles. The Balaban J connectivity index is 2.02. The summed E-state index contributed by atoms with van der Waals surface area (Å²) in [7, 11) is 0. The summed E-state index contributed by atoms with van der Waals surface area (Å²) in [6.07, 6.45) is 1.68. The van der Waals surface area contributed by atoms with Crippen molar-refractivity contribution in [2.45, 2.75) is 13.5 Å². The van der Waals surface area contributed by atoms with Gasteiger partial charge in [0.25, 0.3) is 0 Å². The van der Waals surface area contributed by atoms with E-state index in [1.165, 1.54) is 0 Å². The highest BCUT2D eigenvalue weighted by molar-refractivity contribution is 5.89. The van der Waals surface area contributed by atoms with Gasteiger partial charge in [-0.3, -0.25) is 0 Å². The van der Waals surface area contributed by atoms with E-state index in [2.05, 4.69) is 11.0 Å². The summed E-state index contributed by atoms with van der Waals surface area (Å²) in [5.41, 5.74) is 1.32. The van der Waals surface area contributed by atoms with E-state index in [0.29, 0.717) is 11.3 Å². The predicted molar refractivity (Wildman–Crippen MR) is 67.6 cm³/mol. The van der Waals surface area contributed by atoms with E-state index in [1.54, 1.807) is 37.3 Å². The molecular formula is C14H12O5. The van der Waals surface area contributed by atoms with Crippen molar-refractivity contribution in [1.82, 2.24) is 0 Å². The molecule has 2 rings (SSSR count). The number of rotatable bonds is 4. The van der Waals surface area contributed by atoms with Crippen LogP contribution in [0.5, 0.6) is 0 Å². The number of carbonyl (C=O) groups is 1. The van der Waals surface area contributed by atoms with Crippen molar-refractivity contribution < 1.29 is 18.4 Å². The van der Waals surface area contributed by atoms with E-state index in [1.807, 2.05) is 0 Å². The molecule has 0 aliphatic carbocycles. The second-order valence-corrected chi connectivity index (χ2v) is 3.84. The van der Waals surface area contributed by atoms with Gasteiger partial charge < -0.3 is 13.6 Å². The Hall–Kier alpha value is -2.56. The molecule has 19 heavy (non-hydrogen) atoms. The summed E-state index contributed by atoms with van der Waals surface area (Å²) in [6.45, 7) is 5.05. The van der Waals surface area contributed by atoms with E-state index in [9.17, 15) is 9.59 Å². The molecule has 98 valence electrons. The highest BCUT2D eigenvalue weighted by Crippen LogP contribution is 2.10. The molecule has 2 aromatic rings. The summed E-state index contributed by atoms with van der Waals surface area (Å²) in [5, 5.41) is 0. The first-order valence-corrected chi connectivity index (χ1v) is 5.59. The average Bonchev–Trinajstić information content (AvgIpc) is 2.74. The lowest BCUT2D eigenvalue weighted by Gasteiger charge is -2.03. The van der Waals surface area contributed by atoms with Crippen LogP contribution in [0.2, 0.25) is 0 Å². The van der Waals surface area contributed by atoms with Crippen LogP contribution >= 0.6 is 0 Å². The summed E-state index contributed by atoms with van der Waals surface area (Å²) in [5.74, 6) is -0.793. The van der Waals surface area contributed by atoms with E-state index in [-0.39, 0.29) is 12.4 Å². The highest BCUT2D eigenvalue weighted by Gasteiger charge is 2.12. The van der Waals surface area contributed by atoms with Crippen molar-refractivity contribution >= 4 is 12.0 Å². The van der Waals surface area contributed by atoms with Crippen molar-refractivity contribution in [3.63, 3.8) is 0 Å². The van der Waals surface area contributed by atoms with Crippen LogP contribution in [0.1, 0.15) is 27.4 Å². The Bertz CT molecular complexity index is 645. The standard InChI is InChI=1S/C14H12O5/c1-3-10-4-6-11(7-5-10)13(15)17-8-12-9(2)18-14(16)19-12/h3-7H,1,8H2,2H3. The van der Waals surface area contributed by atoms with Gasteiger partial charge >= 0.3 is 11.8 Å². The fraction of sp³-hybridized carbons (Fsp3) is 0.143. The summed E-state index contributed by atoms with van der Waals surface area (Å²) in [4.78, 5) is 22.6. The Morgan fingerprint density at radius 1 is 1.32 bits per heavy atom. The molecule has 0 spiro atoms. The van der Waals surface area contributed by atoms with Gasteiger partial charge in [0.05, 0.1) is 5.56 Å². The number of carbonyl (C=O) groups excluding carboxylic acids is 1. The summed E-state index contributed by atoms with van der Waals surface area (Å²) in [6, 6.07) is 6.79. The SMILES string of the molecule is C=Cc1ccc(C(=O)OCc2oc(=O)oc2C)cc1. The lowest BCUT2D eigenvalue weighted by Crippen LogP contribution is -2.05. The smallest absolute Gasteiger partial charge is 0.454 e. The average molecular weight is 260 g/mol. The zero-order valence-electron chi connectivity index (χ0n) is 10.3. The van der Waals surface area contributed by atoms with Crippen LogP contribution in [0, 0.1) is 6.92 Å². The lowest BCUT2D eigenvalue weighted by atomic mass is 10.1. The number of ether oxygens (including phenoxy) is 1. The largest absolute Gasteiger partial charge is 0.519 e. The maximum atomic E-state index is 11.7. The second kappa shape index (κ2) is 5.39. The van der Waals surface area contributed by atoms with Crippen LogP contribution < -0.4 is 5.82 Å².